The third-order valence-corrected chi connectivity index (χ3v) is 4.49. The lowest BCUT2D eigenvalue weighted by atomic mass is 9.83. The van der Waals surface area contributed by atoms with Crippen LogP contribution in [0.1, 0.15) is 25.8 Å². The Bertz CT molecular complexity index is 339. The van der Waals surface area contributed by atoms with Crippen LogP contribution in [0.2, 0.25) is 0 Å². The molecule has 1 aliphatic heterocycles. The van der Waals surface area contributed by atoms with Gasteiger partial charge in [0.1, 0.15) is 0 Å². The van der Waals surface area contributed by atoms with Gasteiger partial charge in [-0.05, 0) is 23.2 Å². The van der Waals surface area contributed by atoms with Crippen molar-refractivity contribution in [2.75, 3.05) is 11.5 Å². The minimum Gasteiger partial charge on any atom is -0.297 e. The summed E-state index contributed by atoms with van der Waals surface area (Å²) in [6, 6.07) is 10.7. The highest BCUT2D eigenvalue weighted by molar-refractivity contribution is 7.99. The topological polar surface area (TPSA) is 21.3 Å². The first-order valence-corrected chi connectivity index (χ1v) is 7.33. The number of hydroxylamine groups is 1. The van der Waals surface area contributed by atoms with Crippen molar-refractivity contribution in [3.05, 3.63) is 35.9 Å². The predicted molar refractivity (Wildman–Crippen MR) is 73.9 cm³/mol. The number of benzene rings is 1. The Kier molecular flexibility index (Phi) is 4.48. The summed E-state index contributed by atoms with van der Waals surface area (Å²) >= 11 is 2.01. The predicted octanol–water partition coefficient (Wildman–Crippen LogP) is 3.24. The Hall–Kier alpha value is -0.510. The third kappa shape index (κ3) is 3.73. The molecule has 17 heavy (non-hydrogen) atoms. The van der Waals surface area contributed by atoms with Gasteiger partial charge in [-0.2, -0.15) is 17.2 Å². The first kappa shape index (κ1) is 12.9. The number of hydrogen-bond acceptors (Lipinski definition) is 3. The molecule has 0 spiro atoms. The van der Waals surface area contributed by atoms with Crippen LogP contribution in [0.15, 0.2) is 30.3 Å². The van der Waals surface area contributed by atoms with E-state index in [-0.39, 0.29) is 0 Å². The molecule has 1 saturated heterocycles. The van der Waals surface area contributed by atoms with Crippen LogP contribution in [-0.2, 0) is 11.4 Å². The van der Waals surface area contributed by atoms with Crippen molar-refractivity contribution < 1.29 is 4.84 Å². The summed E-state index contributed by atoms with van der Waals surface area (Å²) in [5, 5.41) is 0. The van der Waals surface area contributed by atoms with E-state index in [0.717, 1.165) is 5.75 Å². The molecule has 1 atom stereocenters. The molecule has 3 heteroatoms. The van der Waals surface area contributed by atoms with Gasteiger partial charge in [0.15, 0.2) is 0 Å². The summed E-state index contributed by atoms with van der Waals surface area (Å²) in [5.41, 5.74) is 4.78. The molecule has 0 aliphatic carbocycles. The van der Waals surface area contributed by atoms with Crippen LogP contribution < -0.4 is 5.48 Å². The fourth-order valence-corrected chi connectivity index (χ4v) is 3.52. The van der Waals surface area contributed by atoms with Gasteiger partial charge < -0.3 is 0 Å². The highest BCUT2D eigenvalue weighted by atomic mass is 32.2. The van der Waals surface area contributed by atoms with Crippen LogP contribution in [0.5, 0.6) is 0 Å². The largest absolute Gasteiger partial charge is 0.297 e. The van der Waals surface area contributed by atoms with Gasteiger partial charge in [-0.3, -0.25) is 4.84 Å². The van der Waals surface area contributed by atoms with Gasteiger partial charge in [-0.15, -0.1) is 0 Å². The smallest absolute Gasteiger partial charge is 0.0933 e. The normalized spacial score (nSPS) is 23.5. The van der Waals surface area contributed by atoms with Crippen molar-refractivity contribution in [2.24, 2.45) is 5.41 Å². The molecule has 0 saturated carbocycles. The Morgan fingerprint density at radius 1 is 1.35 bits per heavy atom. The summed E-state index contributed by atoms with van der Waals surface area (Å²) in [7, 11) is 0. The average Bonchev–Trinajstić information content (AvgIpc) is 2.32. The molecule has 0 amide bonds. The van der Waals surface area contributed by atoms with Gasteiger partial charge >= 0.3 is 0 Å². The van der Waals surface area contributed by atoms with E-state index in [1.54, 1.807) is 0 Å². The molecular formula is C14H21NOS. The fourth-order valence-electron chi connectivity index (χ4n) is 1.93. The molecule has 0 radical (unpaired) electrons. The van der Waals surface area contributed by atoms with Crippen LogP contribution in [0.4, 0.5) is 0 Å². The summed E-state index contributed by atoms with van der Waals surface area (Å²) < 4.78 is 0. The van der Waals surface area contributed by atoms with E-state index in [1.807, 2.05) is 30.0 Å². The zero-order chi connectivity index (χ0) is 12.1. The lowest BCUT2D eigenvalue weighted by Gasteiger charge is -2.38. The molecule has 0 aromatic heterocycles. The van der Waals surface area contributed by atoms with Gasteiger partial charge in [-0.25, -0.2) is 0 Å². The van der Waals surface area contributed by atoms with Crippen molar-refractivity contribution in [3.8, 4) is 0 Å². The molecule has 1 aliphatic rings. The zero-order valence-corrected chi connectivity index (χ0v) is 11.4. The maximum atomic E-state index is 5.63. The SMILES string of the molecule is CC1(C)CCSCC1NOCc1ccccc1. The third-order valence-electron chi connectivity index (χ3n) is 3.43. The first-order chi connectivity index (χ1) is 8.18. The van der Waals surface area contributed by atoms with E-state index in [1.165, 1.54) is 17.7 Å². The molecule has 1 fully saturated rings. The maximum absolute atomic E-state index is 5.63. The van der Waals surface area contributed by atoms with E-state index in [0.29, 0.717) is 18.1 Å². The quantitative estimate of drug-likeness (QED) is 0.830. The summed E-state index contributed by atoms with van der Waals surface area (Å²) in [6.45, 7) is 5.27. The van der Waals surface area contributed by atoms with Crippen LogP contribution in [0.3, 0.4) is 0 Å². The van der Waals surface area contributed by atoms with E-state index < -0.39 is 0 Å². The molecule has 1 unspecified atom stereocenters. The second kappa shape index (κ2) is 5.89. The second-order valence-corrected chi connectivity index (χ2v) is 6.41. The molecule has 1 aromatic carbocycles. The Balaban J connectivity index is 1.78. The van der Waals surface area contributed by atoms with Gasteiger partial charge in [0, 0.05) is 11.8 Å². The van der Waals surface area contributed by atoms with Crippen molar-refractivity contribution in [2.45, 2.75) is 32.9 Å². The Morgan fingerprint density at radius 3 is 2.82 bits per heavy atom. The molecule has 2 nitrogen and oxygen atoms in total. The van der Waals surface area contributed by atoms with E-state index in [9.17, 15) is 0 Å². The van der Waals surface area contributed by atoms with Crippen molar-refractivity contribution in [1.29, 1.82) is 0 Å². The monoisotopic (exact) mass is 251 g/mol. The van der Waals surface area contributed by atoms with E-state index in [4.69, 9.17) is 4.84 Å². The highest BCUT2D eigenvalue weighted by Gasteiger charge is 2.32. The maximum Gasteiger partial charge on any atom is 0.0933 e. The zero-order valence-electron chi connectivity index (χ0n) is 10.6. The highest BCUT2D eigenvalue weighted by Crippen LogP contribution is 2.34. The second-order valence-electron chi connectivity index (χ2n) is 5.26. The van der Waals surface area contributed by atoms with Crippen molar-refractivity contribution >= 4 is 11.8 Å². The Morgan fingerprint density at radius 2 is 2.12 bits per heavy atom. The first-order valence-electron chi connectivity index (χ1n) is 6.17. The summed E-state index contributed by atoms with van der Waals surface area (Å²) in [6.07, 6.45) is 1.25. The minimum absolute atomic E-state index is 0.335. The molecule has 1 aromatic rings. The van der Waals surface area contributed by atoms with Crippen molar-refractivity contribution in [3.63, 3.8) is 0 Å². The number of nitrogens with one attached hydrogen (secondary N) is 1. The van der Waals surface area contributed by atoms with Gasteiger partial charge in [0.05, 0.1) is 6.61 Å². The lowest BCUT2D eigenvalue weighted by Crippen LogP contribution is -2.46. The molecule has 2 rings (SSSR count). The van der Waals surface area contributed by atoms with Crippen LogP contribution in [0, 0.1) is 5.41 Å². The summed E-state index contributed by atoms with van der Waals surface area (Å²) in [4.78, 5) is 5.63. The van der Waals surface area contributed by atoms with Crippen LogP contribution >= 0.6 is 11.8 Å². The summed E-state index contributed by atoms with van der Waals surface area (Å²) in [5.74, 6) is 2.41. The lowest BCUT2D eigenvalue weighted by molar-refractivity contribution is -0.0211. The van der Waals surface area contributed by atoms with Gasteiger partial charge in [-0.1, -0.05) is 44.2 Å². The number of hydrogen-bond donors (Lipinski definition) is 1. The molecule has 94 valence electrons. The Labute approximate surface area is 108 Å². The van der Waals surface area contributed by atoms with Gasteiger partial charge in [0.25, 0.3) is 0 Å². The van der Waals surface area contributed by atoms with Crippen molar-refractivity contribution in [1.82, 2.24) is 5.48 Å². The fraction of sp³-hybridized carbons (Fsp3) is 0.571. The van der Waals surface area contributed by atoms with Crippen LogP contribution in [-0.4, -0.2) is 17.5 Å². The molecule has 0 bridgehead atoms. The number of rotatable bonds is 4. The average molecular weight is 251 g/mol. The van der Waals surface area contributed by atoms with E-state index in [2.05, 4.69) is 31.5 Å². The van der Waals surface area contributed by atoms with E-state index >= 15 is 0 Å². The standard InChI is InChI=1S/C14H21NOS/c1-14(2)8-9-17-11-13(14)15-16-10-12-6-4-3-5-7-12/h3-7,13,15H,8-11H2,1-2H3. The minimum atomic E-state index is 0.335. The van der Waals surface area contributed by atoms with Crippen LogP contribution in [0.25, 0.3) is 0 Å². The number of thioether (sulfide) groups is 1. The molecule has 1 N–H and O–H groups in total. The van der Waals surface area contributed by atoms with Gasteiger partial charge in [0.2, 0.25) is 0 Å². The molecular weight excluding hydrogens is 230 g/mol. The molecule has 1 heterocycles.